The first-order chi connectivity index (χ1) is 9.17. The Balaban J connectivity index is 1.98. The van der Waals surface area contributed by atoms with Crippen LogP contribution in [0.25, 0.3) is 5.57 Å². The summed E-state index contributed by atoms with van der Waals surface area (Å²) in [6.07, 6.45) is 5.68. The summed E-state index contributed by atoms with van der Waals surface area (Å²) < 4.78 is 10.5. The van der Waals surface area contributed by atoms with Gasteiger partial charge in [-0.3, -0.25) is 0 Å². The molecule has 2 aliphatic rings. The highest BCUT2D eigenvalue weighted by Crippen LogP contribution is 2.37. The van der Waals surface area contributed by atoms with E-state index in [0.29, 0.717) is 17.4 Å². The fourth-order valence-corrected chi connectivity index (χ4v) is 2.82. The number of anilines is 1. The predicted molar refractivity (Wildman–Crippen MR) is 72.7 cm³/mol. The van der Waals surface area contributed by atoms with Crippen LogP contribution in [0.3, 0.4) is 0 Å². The first-order valence-corrected chi connectivity index (χ1v) is 6.51. The number of ether oxygens (including phenoxy) is 2. The third-order valence-corrected chi connectivity index (χ3v) is 3.80. The molecule has 4 nitrogen and oxygen atoms in total. The maximum Gasteiger partial charge on any atom is 0.337 e. The molecule has 1 aromatic carbocycles. The van der Waals surface area contributed by atoms with Gasteiger partial charge in [0, 0.05) is 11.3 Å². The fourth-order valence-electron chi connectivity index (χ4n) is 2.82. The van der Waals surface area contributed by atoms with Gasteiger partial charge in [-0.25, -0.2) is 4.79 Å². The molecule has 0 spiro atoms. The van der Waals surface area contributed by atoms with Gasteiger partial charge in [0.2, 0.25) is 0 Å². The molecule has 0 saturated carbocycles. The van der Waals surface area contributed by atoms with E-state index in [-0.39, 0.29) is 12.1 Å². The minimum Gasteiger partial charge on any atom is -0.465 e. The molecule has 2 aliphatic heterocycles. The van der Waals surface area contributed by atoms with E-state index in [0.717, 1.165) is 24.8 Å². The summed E-state index contributed by atoms with van der Waals surface area (Å²) in [6.45, 7) is 0. The summed E-state index contributed by atoms with van der Waals surface area (Å²) in [5, 5.41) is 0. The number of carbonyl (C=O) groups is 1. The number of benzene rings is 1. The van der Waals surface area contributed by atoms with Crippen molar-refractivity contribution in [3.8, 4) is 0 Å². The molecule has 0 radical (unpaired) electrons. The van der Waals surface area contributed by atoms with Crippen LogP contribution < -0.4 is 5.73 Å². The number of nitrogens with two attached hydrogens (primary N) is 1. The van der Waals surface area contributed by atoms with E-state index in [1.807, 2.05) is 6.07 Å². The minimum atomic E-state index is -0.336. The van der Waals surface area contributed by atoms with Gasteiger partial charge < -0.3 is 15.2 Å². The third-order valence-electron chi connectivity index (χ3n) is 3.80. The molecule has 2 unspecified atom stereocenters. The molecule has 2 N–H and O–H groups in total. The highest BCUT2D eigenvalue weighted by atomic mass is 16.5. The number of hydrogen-bond acceptors (Lipinski definition) is 4. The zero-order chi connectivity index (χ0) is 13.4. The van der Waals surface area contributed by atoms with Crippen LogP contribution in [0.5, 0.6) is 0 Å². The van der Waals surface area contributed by atoms with Gasteiger partial charge in [0.15, 0.2) is 0 Å². The zero-order valence-electron chi connectivity index (χ0n) is 10.9. The summed E-state index contributed by atoms with van der Waals surface area (Å²) in [5.41, 5.74) is 9.38. The molecule has 19 heavy (non-hydrogen) atoms. The largest absolute Gasteiger partial charge is 0.465 e. The molecule has 1 fully saturated rings. The highest BCUT2D eigenvalue weighted by molar-refractivity contribution is 5.92. The quantitative estimate of drug-likeness (QED) is 0.654. The molecule has 0 aliphatic carbocycles. The second kappa shape index (κ2) is 4.70. The Morgan fingerprint density at radius 1 is 1.42 bits per heavy atom. The highest BCUT2D eigenvalue weighted by Gasteiger charge is 2.30. The Morgan fingerprint density at radius 2 is 2.26 bits per heavy atom. The SMILES string of the molecule is COC(=O)c1ccc(N)c(C2=CC3CCC(C2)O3)c1. The fraction of sp³-hybridized carbons (Fsp3) is 0.400. The third kappa shape index (κ3) is 2.24. The van der Waals surface area contributed by atoms with Crippen molar-refractivity contribution in [1.29, 1.82) is 0 Å². The first kappa shape index (κ1) is 12.2. The van der Waals surface area contributed by atoms with Crippen molar-refractivity contribution < 1.29 is 14.3 Å². The molecule has 4 heteroatoms. The van der Waals surface area contributed by atoms with E-state index in [9.17, 15) is 4.79 Å². The standard InChI is InChI=1S/C15H17NO3/c1-18-15(17)9-2-5-14(16)13(8-9)10-6-11-3-4-12(7-10)19-11/h2,5-6,8,11-12H,3-4,7,16H2,1H3. The Hall–Kier alpha value is -1.81. The van der Waals surface area contributed by atoms with Gasteiger partial charge in [-0.2, -0.15) is 0 Å². The Labute approximate surface area is 112 Å². The topological polar surface area (TPSA) is 61.5 Å². The maximum atomic E-state index is 11.6. The average Bonchev–Trinajstić information content (AvgIpc) is 2.77. The number of carbonyl (C=O) groups excluding carboxylic acids is 1. The predicted octanol–water partition coefficient (Wildman–Crippen LogP) is 2.39. The van der Waals surface area contributed by atoms with E-state index in [1.165, 1.54) is 12.7 Å². The molecule has 100 valence electrons. The van der Waals surface area contributed by atoms with Crippen LogP contribution >= 0.6 is 0 Å². The molecule has 0 aromatic heterocycles. The van der Waals surface area contributed by atoms with E-state index in [4.69, 9.17) is 15.2 Å². The van der Waals surface area contributed by atoms with Crippen molar-refractivity contribution in [2.75, 3.05) is 12.8 Å². The summed E-state index contributed by atoms with van der Waals surface area (Å²) in [7, 11) is 1.38. The maximum absolute atomic E-state index is 11.6. The lowest BCUT2D eigenvalue weighted by Crippen LogP contribution is -2.16. The number of methoxy groups -OCH3 is 1. The second-order valence-electron chi connectivity index (χ2n) is 5.06. The van der Waals surface area contributed by atoms with Crippen LogP contribution in [0.4, 0.5) is 5.69 Å². The summed E-state index contributed by atoms with van der Waals surface area (Å²) >= 11 is 0. The monoisotopic (exact) mass is 259 g/mol. The molecule has 2 bridgehead atoms. The average molecular weight is 259 g/mol. The van der Waals surface area contributed by atoms with Crippen LogP contribution in [0.1, 0.15) is 35.2 Å². The van der Waals surface area contributed by atoms with Gasteiger partial charge in [0.25, 0.3) is 0 Å². The molecular formula is C15H17NO3. The number of rotatable bonds is 2. The smallest absolute Gasteiger partial charge is 0.337 e. The molecular weight excluding hydrogens is 242 g/mol. The lowest BCUT2D eigenvalue weighted by Gasteiger charge is -2.22. The van der Waals surface area contributed by atoms with Crippen LogP contribution in [-0.4, -0.2) is 25.3 Å². The van der Waals surface area contributed by atoms with Crippen LogP contribution in [0.2, 0.25) is 0 Å². The Morgan fingerprint density at radius 3 is 3.00 bits per heavy atom. The number of hydrogen-bond donors (Lipinski definition) is 1. The van der Waals surface area contributed by atoms with Crippen LogP contribution in [0, 0.1) is 0 Å². The van der Waals surface area contributed by atoms with E-state index in [1.54, 1.807) is 12.1 Å². The van der Waals surface area contributed by atoms with Crippen molar-refractivity contribution in [3.63, 3.8) is 0 Å². The second-order valence-corrected chi connectivity index (χ2v) is 5.06. The van der Waals surface area contributed by atoms with Gasteiger partial charge in [-0.05, 0) is 43.0 Å². The van der Waals surface area contributed by atoms with Crippen molar-refractivity contribution >= 4 is 17.2 Å². The summed E-state index contributed by atoms with van der Waals surface area (Å²) in [5.74, 6) is -0.336. The van der Waals surface area contributed by atoms with Gasteiger partial charge in [-0.15, -0.1) is 0 Å². The van der Waals surface area contributed by atoms with Gasteiger partial charge in [0.05, 0.1) is 24.9 Å². The minimum absolute atomic E-state index is 0.204. The summed E-state index contributed by atoms with van der Waals surface area (Å²) in [6, 6.07) is 5.27. The van der Waals surface area contributed by atoms with Crippen LogP contribution in [-0.2, 0) is 9.47 Å². The normalized spacial score (nSPS) is 25.0. The van der Waals surface area contributed by atoms with Gasteiger partial charge in [-0.1, -0.05) is 6.08 Å². The van der Waals surface area contributed by atoms with E-state index in [2.05, 4.69) is 6.08 Å². The molecule has 2 heterocycles. The van der Waals surface area contributed by atoms with Crippen molar-refractivity contribution in [1.82, 2.24) is 0 Å². The zero-order valence-corrected chi connectivity index (χ0v) is 10.9. The lowest BCUT2D eigenvalue weighted by atomic mass is 9.95. The van der Waals surface area contributed by atoms with Gasteiger partial charge in [0.1, 0.15) is 0 Å². The molecule has 3 rings (SSSR count). The summed E-state index contributed by atoms with van der Waals surface area (Å²) in [4.78, 5) is 11.6. The number of fused-ring (bicyclic) bond motifs is 2. The van der Waals surface area contributed by atoms with Crippen LogP contribution in [0.15, 0.2) is 24.3 Å². The Bertz CT molecular complexity index is 550. The van der Waals surface area contributed by atoms with Crippen molar-refractivity contribution in [2.24, 2.45) is 0 Å². The molecule has 2 atom stereocenters. The van der Waals surface area contributed by atoms with Crippen molar-refractivity contribution in [2.45, 2.75) is 31.5 Å². The van der Waals surface area contributed by atoms with E-state index < -0.39 is 0 Å². The number of nitrogen functional groups attached to an aromatic ring is 1. The van der Waals surface area contributed by atoms with Crippen molar-refractivity contribution in [3.05, 3.63) is 35.4 Å². The molecule has 1 saturated heterocycles. The lowest BCUT2D eigenvalue weighted by molar-refractivity contribution is 0.0600. The Kier molecular flexibility index (Phi) is 3.03. The molecule has 1 aromatic rings. The van der Waals surface area contributed by atoms with E-state index >= 15 is 0 Å². The van der Waals surface area contributed by atoms with Gasteiger partial charge >= 0.3 is 5.97 Å². The first-order valence-electron chi connectivity index (χ1n) is 6.51. The molecule has 0 amide bonds. The number of esters is 1.